The van der Waals surface area contributed by atoms with Gasteiger partial charge in [0.2, 0.25) is 17.6 Å². The molecule has 0 bridgehead atoms. The van der Waals surface area contributed by atoms with Gasteiger partial charge in [-0.05, 0) is 32.7 Å². The second-order valence-electron chi connectivity index (χ2n) is 7.42. The van der Waals surface area contributed by atoms with Gasteiger partial charge >= 0.3 is 0 Å². The molecule has 1 amide bonds. The van der Waals surface area contributed by atoms with Gasteiger partial charge in [-0.25, -0.2) is 0 Å². The van der Waals surface area contributed by atoms with E-state index in [0.717, 1.165) is 64.0 Å². The van der Waals surface area contributed by atoms with Crippen LogP contribution in [0.4, 0.5) is 0 Å². The highest BCUT2D eigenvalue weighted by molar-refractivity contribution is 5.81. The van der Waals surface area contributed by atoms with E-state index in [1.807, 2.05) is 17.0 Å². The van der Waals surface area contributed by atoms with Gasteiger partial charge in [0.25, 0.3) is 0 Å². The first kappa shape index (κ1) is 17.2. The van der Waals surface area contributed by atoms with Crippen molar-refractivity contribution >= 4 is 5.91 Å². The van der Waals surface area contributed by atoms with Crippen LogP contribution in [0.1, 0.15) is 30.7 Å². The molecule has 1 aliphatic heterocycles. The summed E-state index contributed by atoms with van der Waals surface area (Å²) in [5.41, 5.74) is 2.21. The maximum Gasteiger partial charge on any atom is 0.227 e. The second-order valence-corrected chi connectivity index (χ2v) is 7.42. The monoisotopic (exact) mass is 354 g/mol. The fourth-order valence-electron chi connectivity index (χ4n) is 3.41. The number of carbonyl (C=O) groups is 1. The molecule has 138 valence electrons. The molecule has 1 saturated heterocycles. The summed E-state index contributed by atoms with van der Waals surface area (Å²) in [5, 5.41) is 4.09. The molecule has 1 aromatic heterocycles. The van der Waals surface area contributed by atoms with Crippen LogP contribution in [-0.4, -0.2) is 58.6 Å². The first-order chi connectivity index (χ1) is 12.7. The molecule has 2 aromatic rings. The summed E-state index contributed by atoms with van der Waals surface area (Å²) in [5.74, 6) is 2.07. The average molecular weight is 354 g/mol. The van der Waals surface area contributed by atoms with Crippen LogP contribution in [0.25, 0.3) is 11.4 Å². The quantitative estimate of drug-likeness (QED) is 0.798. The lowest BCUT2D eigenvalue weighted by Crippen LogP contribution is -2.49. The Hall–Kier alpha value is -2.21. The van der Waals surface area contributed by atoms with Crippen LogP contribution in [0.3, 0.4) is 0 Å². The molecule has 6 nitrogen and oxygen atoms in total. The third-order valence-corrected chi connectivity index (χ3v) is 5.25. The minimum absolute atomic E-state index is 0.335. The van der Waals surface area contributed by atoms with Gasteiger partial charge in [0.05, 0.1) is 0 Å². The third-order valence-electron chi connectivity index (χ3n) is 5.25. The van der Waals surface area contributed by atoms with Crippen molar-refractivity contribution in [2.24, 2.45) is 5.92 Å². The van der Waals surface area contributed by atoms with E-state index in [2.05, 4.69) is 34.1 Å². The van der Waals surface area contributed by atoms with Crippen LogP contribution < -0.4 is 0 Å². The third kappa shape index (κ3) is 4.12. The van der Waals surface area contributed by atoms with E-state index in [4.69, 9.17) is 4.52 Å². The molecule has 2 aliphatic rings. The topological polar surface area (TPSA) is 62.5 Å². The molecular formula is C20H26N4O2. The van der Waals surface area contributed by atoms with Crippen LogP contribution in [-0.2, 0) is 11.2 Å². The summed E-state index contributed by atoms with van der Waals surface area (Å²) in [6, 6.07) is 8.15. The van der Waals surface area contributed by atoms with Crippen LogP contribution in [0.5, 0.6) is 0 Å². The summed E-state index contributed by atoms with van der Waals surface area (Å²) >= 11 is 0. The Morgan fingerprint density at radius 1 is 1.15 bits per heavy atom. The molecule has 1 aliphatic carbocycles. The zero-order valence-electron chi connectivity index (χ0n) is 15.4. The number of aromatic nitrogens is 2. The molecule has 6 heteroatoms. The van der Waals surface area contributed by atoms with E-state index in [0.29, 0.717) is 23.5 Å². The summed E-state index contributed by atoms with van der Waals surface area (Å²) < 4.78 is 5.39. The lowest BCUT2D eigenvalue weighted by molar-refractivity contribution is -0.134. The molecule has 0 unspecified atom stereocenters. The molecule has 1 saturated carbocycles. The van der Waals surface area contributed by atoms with Crippen molar-refractivity contribution in [1.29, 1.82) is 0 Å². The Labute approximate surface area is 154 Å². The number of benzene rings is 1. The number of hydrogen-bond acceptors (Lipinski definition) is 5. The minimum atomic E-state index is 0.335. The molecule has 1 aromatic carbocycles. The summed E-state index contributed by atoms with van der Waals surface area (Å²) in [6.07, 6.45) is 3.97. The minimum Gasteiger partial charge on any atom is -0.340 e. The maximum atomic E-state index is 12.1. The molecule has 0 atom stereocenters. The predicted molar refractivity (Wildman–Crippen MR) is 98.5 cm³/mol. The Morgan fingerprint density at radius 3 is 2.58 bits per heavy atom. The van der Waals surface area contributed by atoms with Gasteiger partial charge in [-0.1, -0.05) is 35.0 Å². The fraction of sp³-hybridized carbons (Fsp3) is 0.550. The van der Waals surface area contributed by atoms with Crippen molar-refractivity contribution in [3.63, 3.8) is 0 Å². The number of nitrogens with zero attached hydrogens (tertiary/aromatic N) is 4. The Kier molecular flexibility index (Phi) is 5.02. The SMILES string of the molecule is Cc1ccc(-c2noc(CCCN3CCN(C(=O)C4CC4)CC3)n2)cc1. The summed E-state index contributed by atoms with van der Waals surface area (Å²) in [6.45, 7) is 6.75. The van der Waals surface area contributed by atoms with E-state index >= 15 is 0 Å². The van der Waals surface area contributed by atoms with E-state index in [9.17, 15) is 4.79 Å². The Balaban J connectivity index is 1.20. The number of rotatable bonds is 6. The van der Waals surface area contributed by atoms with Crippen LogP contribution in [0.2, 0.25) is 0 Å². The van der Waals surface area contributed by atoms with Crippen LogP contribution >= 0.6 is 0 Å². The Bertz CT molecular complexity index is 743. The number of amides is 1. The van der Waals surface area contributed by atoms with Crippen LogP contribution in [0.15, 0.2) is 28.8 Å². The number of aryl methyl sites for hydroxylation is 2. The number of carbonyl (C=O) groups excluding carboxylic acids is 1. The smallest absolute Gasteiger partial charge is 0.227 e. The van der Waals surface area contributed by atoms with E-state index in [1.54, 1.807) is 0 Å². The van der Waals surface area contributed by atoms with Crippen LogP contribution in [0, 0.1) is 12.8 Å². The summed E-state index contributed by atoms with van der Waals surface area (Å²) in [7, 11) is 0. The lowest BCUT2D eigenvalue weighted by Gasteiger charge is -2.34. The van der Waals surface area contributed by atoms with Gasteiger partial charge in [0, 0.05) is 44.1 Å². The normalized spacial score (nSPS) is 18.3. The zero-order valence-corrected chi connectivity index (χ0v) is 15.4. The standard InChI is InChI=1S/C20H26N4O2/c1-15-4-6-16(7-5-15)19-21-18(26-22-19)3-2-10-23-11-13-24(14-12-23)20(25)17-8-9-17/h4-7,17H,2-3,8-14H2,1H3. The molecule has 4 rings (SSSR count). The van der Waals surface area contributed by atoms with Gasteiger partial charge in [-0.2, -0.15) is 4.98 Å². The van der Waals surface area contributed by atoms with E-state index in [1.165, 1.54) is 5.56 Å². The number of hydrogen-bond donors (Lipinski definition) is 0. The van der Waals surface area contributed by atoms with Gasteiger partial charge in [0.15, 0.2) is 0 Å². The first-order valence-electron chi connectivity index (χ1n) is 9.60. The van der Waals surface area contributed by atoms with Crippen molar-refractivity contribution < 1.29 is 9.32 Å². The van der Waals surface area contributed by atoms with Crippen molar-refractivity contribution in [3.05, 3.63) is 35.7 Å². The van der Waals surface area contributed by atoms with Gasteiger partial charge < -0.3 is 9.42 Å². The maximum absolute atomic E-state index is 12.1. The zero-order chi connectivity index (χ0) is 17.9. The van der Waals surface area contributed by atoms with Gasteiger partial charge in [-0.3, -0.25) is 9.69 Å². The second kappa shape index (κ2) is 7.58. The highest BCUT2D eigenvalue weighted by Crippen LogP contribution is 2.31. The lowest BCUT2D eigenvalue weighted by atomic mass is 10.1. The highest BCUT2D eigenvalue weighted by atomic mass is 16.5. The average Bonchev–Trinajstić information content (AvgIpc) is 3.41. The van der Waals surface area contributed by atoms with E-state index in [-0.39, 0.29) is 0 Å². The van der Waals surface area contributed by atoms with Crippen molar-refractivity contribution in [2.45, 2.75) is 32.6 Å². The van der Waals surface area contributed by atoms with Crippen molar-refractivity contribution in [3.8, 4) is 11.4 Å². The highest BCUT2D eigenvalue weighted by Gasteiger charge is 2.34. The predicted octanol–water partition coefficient (Wildman–Crippen LogP) is 2.53. The van der Waals surface area contributed by atoms with Crippen molar-refractivity contribution in [2.75, 3.05) is 32.7 Å². The largest absolute Gasteiger partial charge is 0.340 e. The molecule has 2 heterocycles. The molecule has 0 spiro atoms. The van der Waals surface area contributed by atoms with Crippen molar-refractivity contribution in [1.82, 2.24) is 19.9 Å². The van der Waals surface area contributed by atoms with E-state index < -0.39 is 0 Å². The first-order valence-corrected chi connectivity index (χ1v) is 9.60. The number of piperazine rings is 1. The van der Waals surface area contributed by atoms with Gasteiger partial charge in [-0.15, -0.1) is 0 Å². The Morgan fingerprint density at radius 2 is 1.88 bits per heavy atom. The summed E-state index contributed by atoms with van der Waals surface area (Å²) in [4.78, 5) is 21.1. The molecular weight excluding hydrogens is 328 g/mol. The molecule has 0 radical (unpaired) electrons. The molecule has 0 N–H and O–H groups in total. The molecule has 2 fully saturated rings. The molecule has 26 heavy (non-hydrogen) atoms. The fourth-order valence-corrected chi connectivity index (χ4v) is 3.41. The van der Waals surface area contributed by atoms with Gasteiger partial charge in [0.1, 0.15) is 0 Å².